The van der Waals surface area contributed by atoms with Gasteiger partial charge in [-0.15, -0.1) is 0 Å². The van der Waals surface area contributed by atoms with Gasteiger partial charge in [0.2, 0.25) is 0 Å². The standard InChI is InChI=1S/C14H24N4O2/c1-10(2)12(16-14(19)20)13-15-6-8-18(13)9-11-5-4-7-17(11)3/h6,8,10-12,16H,4-5,7,9H2,1-3H3,(H,19,20)/t11-,12?/m0/s1. The van der Waals surface area contributed by atoms with Crippen LogP contribution in [-0.4, -0.2) is 45.3 Å². The fourth-order valence-electron chi connectivity index (χ4n) is 2.85. The van der Waals surface area contributed by atoms with Gasteiger partial charge in [0.25, 0.3) is 0 Å². The Kier molecular flexibility index (Phi) is 4.65. The summed E-state index contributed by atoms with van der Waals surface area (Å²) in [6.45, 7) is 6.01. The van der Waals surface area contributed by atoms with Gasteiger partial charge in [-0.05, 0) is 32.4 Å². The topological polar surface area (TPSA) is 70.4 Å². The first-order valence-electron chi connectivity index (χ1n) is 7.19. The number of aromatic nitrogens is 2. The summed E-state index contributed by atoms with van der Waals surface area (Å²) in [5.41, 5.74) is 0. The van der Waals surface area contributed by atoms with Crippen molar-refractivity contribution in [3.05, 3.63) is 18.2 Å². The lowest BCUT2D eigenvalue weighted by atomic mass is 10.0. The maximum atomic E-state index is 11.0. The van der Waals surface area contributed by atoms with E-state index in [0.29, 0.717) is 6.04 Å². The zero-order valence-electron chi connectivity index (χ0n) is 12.4. The summed E-state index contributed by atoms with van der Waals surface area (Å²) in [6.07, 6.45) is 5.11. The summed E-state index contributed by atoms with van der Waals surface area (Å²) in [7, 11) is 2.14. The highest BCUT2D eigenvalue weighted by Gasteiger charge is 2.26. The maximum Gasteiger partial charge on any atom is 0.405 e. The van der Waals surface area contributed by atoms with Gasteiger partial charge in [0.1, 0.15) is 5.82 Å². The van der Waals surface area contributed by atoms with Gasteiger partial charge in [-0.3, -0.25) is 0 Å². The Labute approximate surface area is 119 Å². The van der Waals surface area contributed by atoms with Crippen LogP contribution in [0.15, 0.2) is 12.4 Å². The van der Waals surface area contributed by atoms with Crippen LogP contribution < -0.4 is 5.32 Å². The molecule has 1 amide bonds. The highest BCUT2D eigenvalue weighted by atomic mass is 16.4. The largest absolute Gasteiger partial charge is 0.465 e. The molecule has 0 saturated carbocycles. The summed E-state index contributed by atoms with van der Waals surface area (Å²) in [5.74, 6) is 0.969. The second kappa shape index (κ2) is 6.26. The summed E-state index contributed by atoms with van der Waals surface area (Å²) < 4.78 is 2.09. The van der Waals surface area contributed by atoms with Crippen LogP contribution in [0, 0.1) is 5.92 Å². The van der Waals surface area contributed by atoms with E-state index in [1.807, 2.05) is 20.0 Å². The molecule has 2 N–H and O–H groups in total. The molecule has 1 aliphatic heterocycles. The zero-order valence-corrected chi connectivity index (χ0v) is 12.4. The van der Waals surface area contributed by atoms with Gasteiger partial charge in [-0.25, -0.2) is 9.78 Å². The average molecular weight is 280 g/mol. The Hall–Kier alpha value is -1.56. The smallest absolute Gasteiger partial charge is 0.405 e. The monoisotopic (exact) mass is 280 g/mol. The molecule has 0 spiro atoms. The van der Waals surface area contributed by atoms with Crippen molar-refractivity contribution in [3.63, 3.8) is 0 Å². The van der Waals surface area contributed by atoms with Crippen LogP contribution in [-0.2, 0) is 6.54 Å². The highest BCUT2D eigenvalue weighted by Crippen LogP contribution is 2.23. The molecule has 0 aliphatic carbocycles. The summed E-state index contributed by atoms with van der Waals surface area (Å²) >= 11 is 0. The molecule has 112 valence electrons. The van der Waals surface area contributed by atoms with Crippen molar-refractivity contribution in [2.75, 3.05) is 13.6 Å². The molecule has 2 atom stereocenters. The van der Waals surface area contributed by atoms with Crippen molar-refractivity contribution >= 4 is 6.09 Å². The van der Waals surface area contributed by atoms with Crippen molar-refractivity contribution in [1.29, 1.82) is 0 Å². The molecule has 0 aromatic carbocycles. The molecule has 1 aromatic rings. The molecule has 1 saturated heterocycles. The van der Waals surface area contributed by atoms with Crippen LogP contribution in [0.3, 0.4) is 0 Å². The molecule has 1 aliphatic rings. The van der Waals surface area contributed by atoms with Crippen LogP contribution in [0.25, 0.3) is 0 Å². The van der Waals surface area contributed by atoms with Crippen molar-refractivity contribution < 1.29 is 9.90 Å². The van der Waals surface area contributed by atoms with Crippen molar-refractivity contribution in [3.8, 4) is 0 Å². The van der Waals surface area contributed by atoms with Gasteiger partial charge in [0.15, 0.2) is 0 Å². The lowest BCUT2D eigenvalue weighted by Gasteiger charge is -2.25. The predicted molar refractivity (Wildman–Crippen MR) is 76.6 cm³/mol. The minimum atomic E-state index is -1.00. The van der Waals surface area contributed by atoms with Gasteiger partial charge in [-0.1, -0.05) is 13.8 Å². The van der Waals surface area contributed by atoms with Gasteiger partial charge in [0, 0.05) is 25.0 Å². The minimum absolute atomic E-state index is 0.161. The molecule has 0 bridgehead atoms. The third-order valence-corrected chi connectivity index (χ3v) is 4.05. The molecule has 2 rings (SSSR count). The summed E-state index contributed by atoms with van der Waals surface area (Å²) in [4.78, 5) is 17.7. The van der Waals surface area contributed by atoms with Crippen molar-refractivity contribution in [2.24, 2.45) is 5.92 Å². The van der Waals surface area contributed by atoms with Crippen LogP contribution in [0.2, 0.25) is 0 Å². The van der Waals surface area contributed by atoms with E-state index in [1.54, 1.807) is 6.20 Å². The number of carboxylic acid groups (broad SMARTS) is 1. The number of carbonyl (C=O) groups is 1. The predicted octanol–water partition coefficient (Wildman–Crippen LogP) is 1.94. The molecule has 1 aromatic heterocycles. The highest BCUT2D eigenvalue weighted by molar-refractivity contribution is 5.65. The minimum Gasteiger partial charge on any atom is -0.465 e. The van der Waals surface area contributed by atoms with E-state index in [9.17, 15) is 4.79 Å². The molecular weight excluding hydrogens is 256 g/mol. The number of hydrogen-bond donors (Lipinski definition) is 2. The number of likely N-dealkylation sites (N-methyl/N-ethyl adjacent to an activating group) is 1. The van der Waals surface area contributed by atoms with E-state index in [2.05, 4.69) is 26.8 Å². The van der Waals surface area contributed by atoms with Crippen LogP contribution in [0.1, 0.15) is 38.6 Å². The first kappa shape index (κ1) is 14.8. The first-order valence-corrected chi connectivity index (χ1v) is 7.19. The van der Waals surface area contributed by atoms with E-state index < -0.39 is 6.09 Å². The zero-order chi connectivity index (χ0) is 14.7. The van der Waals surface area contributed by atoms with Gasteiger partial charge in [-0.2, -0.15) is 0 Å². The number of rotatable bonds is 5. The fraction of sp³-hybridized carbons (Fsp3) is 0.714. The van der Waals surface area contributed by atoms with Crippen LogP contribution >= 0.6 is 0 Å². The van der Waals surface area contributed by atoms with E-state index >= 15 is 0 Å². The van der Waals surface area contributed by atoms with Gasteiger partial charge >= 0.3 is 6.09 Å². The Morgan fingerprint density at radius 3 is 2.90 bits per heavy atom. The third kappa shape index (κ3) is 3.30. The number of likely N-dealkylation sites (tertiary alicyclic amines) is 1. The van der Waals surface area contributed by atoms with E-state index in [-0.39, 0.29) is 12.0 Å². The summed E-state index contributed by atoms with van der Waals surface area (Å²) in [5, 5.41) is 11.6. The third-order valence-electron chi connectivity index (χ3n) is 4.05. The Morgan fingerprint density at radius 1 is 1.60 bits per heavy atom. The van der Waals surface area contributed by atoms with E-state index in [1.165, 1.54) is 12.8 Å². The number of hydrogen-bond acceptors (Lipinski definition) is 3. The molecule has 0 radical (unpaired) electrons. The molecule has 1 fully saturated rings. The van der Waals surface area contributed by atoms with Gasteiger partial charge in [0.05, 0.1) is 6.04 Å². The van der Waals surface area contributed by atoms with Crippen molar-refractivity contribution in [2.45, 2.75) is 45.3 Å². The van der Waals surface area contributed by atoms with Gasteiger partial charge < -0.3 is 19.9 Å². The quantitative estimate of drug-likeness (QED) is 0.864. The maximum absolute atomic E-state index is 11.0. The lowest BCUT2D eigenvalue weighted by molar-refractivity contribution is 0.184. The molecular formula is C14H24N4O2. The number of amides is 1. The van der Waals surface area contributed by atoms with E-state index in [0.717, 1.165) is 18.9 Å². The van der Waals surface area contributed by atoms with E-state index in [4.69, 9.17) is 5.11 Å². The number of nitrogens with zero attached hydrogens (tertiary/aromatic N) is 3. The second-order valence-electron chi connectivity index (χ2n) is 5.89. The SMILES string of the molecule is CC(C)C(NC(=O)O)c1nccn1C[C@@H]1CCCN1C. The molecule has 2 heterocycles. The van der Waals surface area contributed by atoms with Crippen LogP contribution in [0.5, 0.6) is 0 Å². The summed E-state index contributed by atoms with van der Waals surface area (Å²) in [6, 6.07) is 0.245. The average Bonchev–Trinajstić information content (AvgIpc) is 2.97. The fourth-order valence-corrected chi connectivity index (χ4v) is 2.85. The lowest BCUT2D eigenvalue weighted by Crippen LogP contribution is -2.35. The Morgan fingerprint density at radius 2 is 2.35 bits per heavy atom. The number of imidazole rings is 1. The molecule has 6 heteroatoms. The molecule has 20 heavy (non-hydrogen) atoms. The Bertz CT molecular complexity index is 458. The van der Waals surface area contributed by atoms with Crippen molar-refractivity contribution in [1.82, 2.24) is 19.8 Å². The first-order chi connectivity index (χ1) is 9.49. The number of nitrogens with one attached hydrogen (secondary N) is 1. The molecule has 1 unspecified atom stereocenters. The second-order valence-corrected chi connectivity index (χ2v) is 5.89. The normalized spacial score (nSPS) is 21.3. The molecule has 6 nitrogen and oxygen atoms in total. The Balaban J connectivity index is 2.15. The van der Waals surface area contributed by atoms with Crippen LogP contribution in [0.4, 0.5) is 4.79 Å².